The van der Waals surface area contributed by atoms with Crippen LogP contribution in [0.5, 0.6) is 0 Å². The molecule has 1 aliphatic rings. The molecule has 1 aliphatic carbocycles. The van der Waals surface area contributed by atoms with Crippen molar-refractivity contribution in [2.24, 2.45) is 0 Å². The van der Waals surface area contributed by atoms with Gasteiger partial charge >= 0.3 is 12.4 Å². The SMILES string of the molecule is Cc1cccc(C)c1C(=O)P(C(=O)c1c(C(F)(F)F)cccc1C(F)(F)F)C1CCCC1. The number of rotatable bonds is 5. The molecule has 0 heterocycles. The second-order valence-electron chi connectivity index (χ2n) is 7.91. The third-order valence-electron chi connectivity index (χ3n) is 5.71. The summed E-state index contributed by atoms with van der Waals surface area (Å²) in [7, 11) is -2.47. The highest BCUT2D eigenvalue weighted by Crippen LogP contribution is 2.56. The predicted molar refractivity (Wildman–Crippen MR) is 110 cm³/mol. The Morgan fingerprint density at radius 3 is 1.59 bits per heavy atom. The van der Waals surface area contributed by atoms with Crippen LogP contribution in [0.3, 0.4) is 0 Å². The van der Waals surface area contributed by atoms with Gasteiger partial charge in [0.05, 0.1) is 11.1 Å². The fraction of sp³-hybridized carbons (Fsp3) is 0.391. The van der Waals surface area contributed by atoms with Crippen molar-refractivity contribution in [2.75, 3.05) is 0 Å². The Hall–Kier alpha value is -2.21. The maximum absolute atomic E-state index is 13.7. The molecule has 1 fully saturated rings. The molecule has 2 nitrogen and oxygen atoms in total. The molecule has 32 heavy (non-hydrogen) atoms. The van der Waals surface area contributed by atoms with E-state index in [9.17, 15) is 35.9 Å². The molecule has 0 spiro atoms. The number of carbonyl (C=O) groups excluding carboxylic acids is 2. The molecule has 1 saturated carbocycles. The van der Waals surface area contributed by atoms with Gasteiger partial charge in [0.25, 0.3) is 0 Å². The van der Waals surface area contributed by atoms with E-state index in [1.165, 1.54) is 0 Å². The number of halogens is 6. The van der Waals surface area contributed by atoms with E-state index >= 15 is 0 Å². The fourth-order valence-corrected chi connectivity index (χ4v) is 7.04. The zero-order chi connectivity index (χ0) is 23.8. The largest absolute Gasteiger partial charge is 0.417 e. The van der Waals surface area contributed by atoms with Gasteiger partial charge in [0.1, 0.15) is 0 Å². The maximum Gasteiger partial charge on any atom is 0.417 e. The normalized spacial score (nSPS) is 16.2. The first kappa shape index (κ1) is 24.4. The highest BCUT2D eigenvalue weighted by Gasteiger charge is 2.47. The van der Waals surface area contributed by atoms with Crippen molar-refractivity contribution in [1.29, 1.82) is 0 Å². The van der Waals surface area contributed by atoms with Crippen molar-refractivity contribution in [2.45, 2.75) is 57.5 Å². The van der Waals surface area contributed by atoms with E-state index in [4.69, 9.17) is 0 Å². The molecule has 1 atom stereocenters. The van der Waals surface area contributed by atoms with Gasteiger partial charge in [0, 0.05) is 19.0 Å². The lowest BCUT2D eigenvalue weighted by atomic mass is 10.0. The lowest BCUT2D eigenvalue weighted by Gasteiger charge is -2.26. The van der Waals surface area contributed by atoms with Gasteiger partial charge in [-0.05, 0) is 55.6 Å². The zero-order valence-corrected chi connectivity index (χ0v) is 18.3. The Morgan fingerprint density at radius 2 is 1.16 bits per heavy atom. The van der Waals surface area contributed by atoms with E-state index in [-0.39, 0.29) is 5.56 Å². The molecule has 1 unspecified atom stereocenters. The minimum atomic E-state index is -5.18. The topological polar surface area (TPSA) is 34.1 Å². The third-order valence-corrected chi connectivity index (χ3v) is 8.28. The Morgan fingerprint density at radius 1 is 0.750 bits per heavy atom. The van der Waals surface area contributed by atoms with Gasteiger partial charge in [-0.3, -0.25) is 9.59 Å². The smallest absolute Gasteiger partial charge is 0.289 e. The summed E-state index contributed by atoms with van der Waals surface area (Å²) < 4.78 is 82.0. The second-order valence-corrected chi connectivity index (χ2v) is 10.2. The Balaban J connectivity index is 2.24. The third kappa shape index (κ3) is 4.75. The Kier molecular flexibility index (Phi) is 6.85. The zero-order valence-electron chi connectivity index (χ0n) is 17.4. The van der Waals surface area contributed by atoms with Crippen LogP contribution in [-0.2, 0) is 12.4 Å². The molecule has 0 aliphatic heterocycles. The molecular formula is C23H21F6O2P. The molecule has 172 valence electrons. The summed E-state index contributed by atoms with van der Waals surface area (Å²) in [5, 5.41) is 0. The van der Waals surface area contributed by atoms with Gasteiger partial charge in [-0.15, -0.1) is 0 Å². The number of carbonyl (C=O) groups is 2. The highest BCUT2D eigenvalue weighted by molar-refractivity contribution is 7.90. The van der Waals surface area contributed by atoms with Crippen LogP contribution in [0.1, 0.15) is 68.7 Å². The van der Waals surface area contributed by atoms with Crippen molar-refractivity contribution in [3.8, 4) is 0 Å². The van der Waals surface area contributed by atoms with Crippen LogP contribution in [0.4, 0.5) is 26.3 Å². The molecule has 0 radical (unpaired) electrons. The first-order valence-electron chi connectivity index (χ1n) is 10.1. The van der Waals surface area contributed by atoms with Crippen LogP contribution in [0.25, 0.3) is 0 Å². The summed E-state index contributed by atoms with van der Waals surface area (Å²) in [5.74, 6) is 0. The monoisotopic (exact) mass is 474 g/mol. The molecule has 3 rings (SSSR count). The summed E-state index contributed by atoms with van der Waals surface area (Å²) in [6.07, 6.45) is -8.17. The predicted octanol–water partition coefficient (Wildman–Crippen LogP) is 7.75. The Bertz CT molecular complexity index is 983. The molecular weight excluding hydrogens is 453 g/mol. The van der Waals surface area contributed by atoms with E-state index in [2.05, 4.69) is 0 Å². The number of aryl methyl sites for hydroxylation is 2. The van der Waals surface area contributed by atoms with Gasteiger partial charge < -0.3 is 0 Å². The summed E-state index contributed by atoms with van der Waals surface area (Å²) in [4.78, 5) is 27.1. The summed E-state index contributed by atoms with van der Waals surface area (Å²) in [5.41, 5.74) is -6.03. The van der Waals surface area contributed by atoms with Gasteiger partial charge in [-0.1, -0.05) is 37.1 Å². The van der Waals surface area contributed by atoms with Crippen molar-refractivity contribution in [3.63, 3.8) is 0 Å². The molecule has 2 aromatic carbocycles. The molecule has 0 saturated heterocycles. The van der Waals surface area contributed by atoms with E-state index in [0.717, 1.165) is 0 Å². The number of hydrogen-bond acceptors (Lipinski definition) is 2. The van der Waals surface area contributed by atoms with Crippen molar-refractivity contribution in [3.05, 3.63) is 69.8 Å². The standard InChI is InChI=1S/C23H21F6O2P/c1-13-7-5-8-14(2)18(13)20(30)32(15-9-3-4-10-15)21(31)19-16(22(24,25)26)11-6-12-17(19)23(27,28)29/h5-8,11-12,15H,3-4,9-10H2,1-2H3. The highest BCUT2D eigenvalue weighted by atomic mass is 31.1. The minimum absolute atomic E-state index is 0.205. The first-order chi connectivity index (χ1) is 14.8. The van der Waals surface area contributed by atoms with Gasteiger partial charge in [0.2, 0.25) is 0 Å². The number of alkyl halides is 6. The van der Waals surface area contributed by atoms with Crippen LogP contribution in [-0.4, -0.2) is 16.7 Å². The second kappa shape index (κ2) is 8.97. The number of hydrogen-bond donors (Lipinski definition) is 0. The van der Waals surface area contributed by atoms with E-state index in [1.54, 1.807) is 32.0 Å². The summed E-state index contributed by atoms with van der Waals surface area (Å²) >= 11 is 0. The van der Waals surface area contributed by atoms with Crippen molar-refractivity contribution < 1.29 is 35.9 Å². The van der Waals surface area contributed by atoms with E-state index in [1.807, 2.05) is 0 Å². The molecule has 0 N–H and O–H groups in total. The van der Waals surface area contributed by atoms with Crippen LogP contribution in [0.2, 0.25) is 0 Å². The molecule has 0 aromatic heterocycles. The van der Waals surface area contributed by atoms with Crippen LogP contribution in [0.15, 0.2) is 36.4 Å². The van der Waals surface area contributed by atoms with Crippen LogP contribution >= 0.6 is 7.92 Å². The molecule has 0 bridgehead atoms. The Labute approximate surface area is 182 Å². The summed E-state index contributed by atoms with van der Waals surface area (Å²) in [6, 6.07) is 6.53. The quantitative estimate of drug-likeness (QED) is 0.328. The van der Waals surface area contributed by atoms with Gasteiger partial charge in [0.15, 0.2) is 11.0 Å². The molecule has 0 amide bonds. The fourth-order valence-electron chi connectivity index (χ4n) is 4.23. The van der Waals surface area contributed by atoms with E-state index in [0.29, 0.717) is 55.0 Å². The molecule has 2 aromatic rings. The average molecular weight is 474 g/mol. The summed E-state index contributed by atoms with van der Waals surface area (Å²) in [6.45, 7) is 3.27. The lowest BCUT2D eigenvalue weighted by Crippen LogP contribution is -2.23. The van der Waals surface area contributed by atoms with Crippen LogP contribution < -0.4 is 0 Å². The van der Waals surface area contributed by atoms with Crippen LogP contribution in [0, 0.1) is 13.8 Å². The van der Waals surface area contributed by atoms with Crippen molar-refractivity contribution in [1.82, 2.24) is 0 Å². The lowest BCUT2D eigenvalue weighted by molar-refractivity contribution is -0.143. The van der Waals surface area contributed by atoms with Crippen molar-refractivity contribution >= 4 is 19.0 Å². The average Bonchev–Trinajstić information content (AvgIpc) is 3.20. The van der Waals surface area contributed by atoms with Gasteiger partial charge in [-0.2, -0.15) is 26.3 Å². The van der Waals surface area contributed by atoms with E-state index < -0.39 is 53.7 Å². The van der Waals surface area contributed by atoms with Gasteiger partial charge in [-0.25, -0.2) is 0 Å². The maximum atomic E-state index is 13.7. The number of benzene rings is 2. The first-order valence-corrected chi connectivity index (χ1v) is 11.5. The molecule has 9 heteroatoms. The minimum Gasteiger partial charge on any atom is -0.289 e.